The number of hydrogen-bond donors (Lipinski definition) is 2. The summed E-state index contributed by atoms with van der Waals surface area (Å²) in [7, 11) is 0. The van der Waals surface area contributed by atoms with Crippen LogP contribution >= 0.6 is 0 Å². The molecule has 0 saturated heterocycles. The van der Waals surface area contributed by atoms with Crippen LogP contribution in [0.15, 0.2) is 0 Å². The fourth-order valence-corrected chi connectivity index (χ4v) is 2.08. The van der Waals surface area contributed by atoms with Gasteiger partial charge < -0.3 is 10.4 Å². The third kappa shape index (κ3) is 2.40. The molecule has 0 amide bonds. The van der Waals surface area contributed by atoms with Gasteiger partial charge in [-0.2, -0.15) is 22.5 Å². The number of pyridine rings is 1. The highest BCUT2D eigenvalue weighted by molar-refractivity contribution is 5.46. The van der Waals surface area contributed by atoms with Gasteiger partial charge in [-0.25, -0.2) is 0 Å². The zero-order valence-electron chi connectivity index (χ0n) is 9.39. The number of anilines is 1. The van der Waals surface area contributed by atoms with Crippen LogP contribution in [0.25, 0.3) is 0 Å². The lowest BCUT2D eigenvalue weighted by Crippen LogP contribution is -2.37. The molecule has 1 saturated carbocycles. The van der Waals surface area contributed by atoms with E-state index < -0.39 is 41.4 Å². The number of hydrogen-bond acceptors (Lipinski definition) is 3. The number of aromatic nitrogens is 1. The van der Waals surface area contributed by atoms with Gasteiger partial charge in [-0.1, -0.05) is 12.8 Å². The maximum atomic E-state index is 13.3. The van der Waals surface area contributed by atoms with Crippen molar-refractivity contribution in [1.82, 2.24) is 4.98 Å². The minimum atomic E-state index is -1.71. The predicted molar refractivity (Wildman–Crippen MR) is 56.0 cm³/mol. The molecule has 2 unspecified atom stereocenters. The van der Waals surface area contributed by atoms with Crippen LogP contribution < -0.4 is 5.32 Å². The Hall–Kier alpha value is -1.37. The fourth-order valence-electron chi connectivity index (χ4n) is 2.08. The zero-order valence-corrected chi connectivity index (χ0v) is 9.39. The quantitative estimate of drug-likeness (QED) is 0.636. The van der Waals surface area contributed by atoms with Crippen molar-refractivity contribution in [2.75, 3.05) is 5.32 Å². The van der Waals surface area contributed by atoms with E-state index in [4.69, 9.17) is 0 Å². The highest BCUT2D eigenvalue weighted by Gasteiger charge is 2.27. The second kappa shape index (κ2) is 5.09. The standard InChI is InChI=1S/C11H12F4N2O/c12-7-9(8(13)11(15)17-10(7)14)16-5-3-1-2-4-6(5)18/h5-6,18H,1-4H2,(H,16,17). The Morgan fingerprint density at radius 1 is 1.00 bits per heavy atom. The van der Waals surface area contributed by atoms with Crippen molar-refractivity contribution < 1.29 is 22.7 Å². The van der Waals surface area contributed by atoms with Gasteiger partial charge in [-0.05, 0) is 12.8 Å². The Morgan fingerprint density at radius 2 is 1.56 bits per heavy atom. The van der Waals surface area contributed by atoms with Gasteiger partial charge in [-0.15, -0.1) is 0 Å². The fraction of sp³-hybridized carbons (Fsp3) is 0.545. The molecule has 0 aliphatic heterocycles. The van der Waals surface area contributed by atoms with Crippen LogP contribution in [-0.4, -0.2) is 22.2 Å². The van der Waals surface area contributed by atoms with Crippen LogP contribution in [0.4, 0.5) is 23.2 Å². The number of aliphatic hydroxyl groups is 1. The molecule has 0 spiro atoms. The molecule has 1 aromatic heterocycles. The lowest BCUT2D eigenvalue weighted by Gasteiger charge is -2.29. The molecular weight excluding hydrogens is 252 g/mol. The summed E-state index contributed by atoms with van der Waals surface area (Å²) in [6.07, 6.45) is 1.75. The summed E-state index contributed by atoms with van der Waals surface area (Å²) in [4.78, 5) is 2.46. The third-order valence-electron chi connectivity index (χ3n) is 3.06. The summed E-state index contributed by atoms with van der Waals surface area (Å²) < 4.78 is 52.4. The maximum Gasteiger partial charge on any atom is 0.253 e. The van der Waals surface area contributed by atoms with E-state index >= 15 is 0 Å². The average molecular weight is 264 g/mol. The summed E-state index contributed by atoms with van der Waals surface area (Å²) in [6.45, 7) is 0. The van der Waals surface area contributed by atoms with E-state index in [-0.39, 0.29) is 0 Å². The van der Waals surface area contributed by atoms with E-state index in [1.807, 2.05) is 0 Å². The molecule has 1 fully saturated rings. The summed E-state index contributed by atoms with van der Waals surface area (Å²) in [5, 5.41) is 12.0. The molecule has 2 atom stereocenters. The molecule has 0 bridgehead atoms. The highest BCUT2D eigenvalue weighted by Crippen LogP contribution is 2.27. The maximum absolute atomic E-state index is 13.3. The predicted octanol–water partition coefficient (Wildman–Crippen LogP) is 2.35. The molecule has 1 aliphatic rings. The van der Waals surface area contributed by atoms with E-state index in [0.29, 0.717) is 12.8 Å². The molecule has 1 aliphatic carbocycles. The van der Waals surface area contributed by atoms with Crippen LogP contribution in [0.3, 0.4) is 0 Å². The number of halogens is 4. The largest absolute Gasteiger partial charge is 0.391 e. The van der Waals surface area contributed by atoms with Crippen LogP contribution in [-0.2, 0) is 0 Å². The van der Waals surface area contributed by atoms with E-state index in [0.717, 1.165) is 12.8 Å². The molecule has 18 heavy (non-hydrogen) atoms. The molecule has 2 N–H and O–H groups in total. The third-order valence-corrected chi connectivity index (χ3v) is 3.06. The van der Waals surface area contributed by atoms with E-state index in [1.54, 1.807) is 0 Å². The first kappa shape index (κ1) is 13.1. The molecule has 2 rings (SSSR count). The van der Waals surface area contributed by atoms with Crippen molar-refractivity contribution in [3.63, 3.8) is 0 Å². The molecule has 1 aromatic rings. The summed E-state index contributed by atoms with van der Waals surface area (Å²) in [5.74, 6) is -6.57. The molecular formula is C11H12F4N2O. The summed E-state index contributed by atoms with van der Waals surface area (Å²) >= 11 is 0. The lowest BCUT2D eigenvalue weighted by molar-refractivity contribution is 0.116. The molecule has 7 heteroatoms. The number of aliphatic hydroxyl groups excluding tert-OH is 1. The monoisotopic (exact) mass is 264 g/mol. The van der Waals surface area contributed by atoms with Crippen molar-refractivity contribution in [3.8, 4) is 0 Å². The normalized spacial score (nSPS) is 24.1. The Kier molecular flexibility index (Phi) is 3.70. The van der Waals surface area contributed by atoms with E-state index in [2.05, 4.69) is 10.3 Å². The van der Waals surface area contributed by atoms with Crippen molar-refractivity contribution in [3.05, 3.63) is 23.5 Å². The van der Waals surface area contributed by atoms with Crippen molar-refractivity contribution in [2.45, 2.75) is 37.8 Å². The van der Waals surface area contributed by atoms with Gasteiger partial charge in [0.2, 0.25) is 11.6 Å². The lowest BCUT2D eigenvalue weighted by atomic mass is 9.92. The Bertz CT molecular complexity index is 429. The van der Waals surface area contributed by atoms with Crippen LogP contribution in [0, 0.1) is 23.5 Å². The first-order valence-corrected chi connectivity index (χ1v) is 5.65. The minimum absolute atomic E-state index is 0.478. The van der Waals surface area contributed by atoms with Gasteiger partial charge in [-0.3, -0.25) is 0 Å². The summed E-state index contributed by atoms with van der Waals surface area (Å²) in [5.41, 5.74) is -0.911. The Labute approximate surface area is 101 Å². The zero-order chi connectivity index (χ0) is 13.3. The SMILES string of the molecule is OC1CCCCC1Nc1c(F)c(F)nc(F)c1F. The first-order valence-electron chi connectivity index (χ1n) is 5.65. The minimum Gasteiger partial charge on any atom is -0.391 e. The van der Waals surface area contributed by atoms with Gasteiger partial charge in [0.05, 0.1) is 12.1 Å². The number of rotatable bonds is 2. The molecule has 1 heterocycles. The van der Waals surface area contributed by atoms with Crippen molar-refractivity contribution >= 4 is 5.69 Å². The van der Waals surface area contributed by atoms with Gasteiger partial charge in [0.15, 0.2) is 0 Å². The van der Waals surface area contributed by atoms with Gasteiger partial charge in [0.1, 0.15) is 5.69 Å². The van der Waals surface area contributed by atoms with E-state index in [9.17, 15) is 22.7 Å². The number of nitrogens with one attached hydrogen (secondary N) is 1. The second-order valence-electron chi connectivity index (χ2n) is 4.30. The molecule has 3 nitrogen and oxygen atoms in total. The smallest absolute Gasteiger partial charge is 0.253 e. The van der Waals surface area contributed by atoms with Crippen LogP contribution in [0.1, 0.15) is 25.7 Å². The van der Waals surface area contributed by atoms with Gasteiger partial charge >= 0.3 is 0 Å². The number of nitrogens with zero attached hydrogens (tertiary/aromatic N) is 1. The highest BCUT2D eigenvalue weighted by atomic mass is 19.2. The second-order valence-corrected chi connectivity index (χ2v) is 4.30. The molecule has 100 valence electrons. The van der Waals surface area contributed by atoms with Gasteiger partial charge in [0.25, 0.3) is 11.9 Å². The molecule has 0 aromatic carbocycles. The van der Waals surface area contributed by atoms with Crippen molar-refractivity contribution in [1.29, 1.82) is 0 Å². The van der Waals surface area contributed by atoms with Gasteiger partial charge in [0, 0.05) is 0 Å². The average Bonchev–Trinajstić information content (AvgIpc) is 2.34. The van der Waals surface area contributed by atoms with Crippen LogP contribution in [0.2, 0.25) is 0 Å². The summed E-state index contributed by atoms with van der Waals surface area (Å²) in [6, 6.07) is -0.621. The van der Waals surface area contributed by atoms with E-state index in [1.165, 1.54) is 0 Å². The Balaban J connectivity index is 2.28. The Morgan fingerprint density at radius 3 is 2.11 bits per heavy atom. The first-order chi connectivity index (χ1) is 8.50. The molecule has 0 radical (unpaired) electrons. The van der Waals surface area contributed by atoms with Crippen LogP contribution in [0.5, 0.6) is 0 Å². The van der Waals surface area contributed by atoms with Crippen molar-refractivity contribution in [2.24, 2.45) is 0 Å². The topological polar surface area (TPSA) is 45.1 Å².